The summed E-state index contributed by atoms with van der Waals surface area (Å²) in [6.07, 6.45) is 8.47. The van der Waals surface area contributed by atoms with Gasteiger partial charge in [0.15, 0.2) is 5.82 Å². The van der Waals surface area contributed by atoms with Crippen molar-refractivity contribution < 1.29 is 4.79 Å². The van der Waals surface area contributed by atoms with E-state index in [-0.39, 0.29) is 12.0 Å². The topological polar surface area (TPSA) is 74.8 Å². The van der Waals surface area contributed by atoms with Gasteiger partial charge in [-0.15, -0.1) is 10.2 Å². The van der Waals surface area contributed by atoms with Gasteiger partial charge in [0.2, 0.25) is 5.91 Å². The van der Waals surface area contributed by atoms with Gasteiger partial charge in [-0.2, -0.15) is 17.0 Å². The molecule has 2 heterocycles. The predicted octanol–water partition coefficient (Wildman–Crippen LogP) is 2.81. The zero-order valence-corrected chi connectivity index (χ0v) is 14.7. The first-order chi connectivity index (χ1) is 11.3. The van der Waals surface area contributed by atoms with Gasteiger partial charge in [-0.25, -0.2) is 0 Å². The number of aromatic amines is 1. The van der Waals surface area contributed by atoms with Crippen LogP contribution < -0.4 is 0 Å². The van der Waals surface area contributed by atoms with Crippen LogP contribution in [0.3, 0.4) is 0 Å². The fourth-order valence-corrected chi connectivity index (χ4v) is 4.86. The van der Waals surface area contributed by atoms with Crippen molar-refractivity contribution in [3.8, 4) is 0 Å². The molecule has 0 radical (unpaired) electrons. The third kappa shape index (κ3) is 4.05. The first-order valence-electron chi connectivity index (χ1n) is 8.91. The van der Waals surface area contributed by atoms with E-state index in [4.69, 9.17) is 0 Å². The van der Waals surface area contributed by atoms with Gasteiger partial charge in [-0.3, -0.25) is 4.79 Å². The number of hydrogen-bond donors (Lipinski definition) is 1. The standard InChI is InChI=1S/C16H27N5OS/c1-2-3-4-12-5-7-13(8-6-12)16(22)21-9-10-23-11-14(21)15-17-19-20-18-15/h12-14H,2-11H2,1H3,(H,17,18,19,20). The summed E-state index contributed by atoms with van der Waals surface area (Å²) < 4.78 is 0. The van der Waals surface area contributed by atoms with Crippen LogP contribution in [-0.2, 0) is 4.79 Å². The van der Waals surface area contributed by atoms with Crippen LogP contribution in [0.4, 0.5) is 0 Å². The summed E-state index contributed by atoms with van der Waals surface area (Å²) in [6, 6.07) is -0.0159. The SMILES string of the molecule is CCCCC1CCC(C(=O)N2CCSCC2c2nn[nH]n2)CC1. The van der Waals surface area contributed by atoms with Crippen LogP contribution in [0.25, 0.3) is 0 Å². The summed E-state index contributed by atoms with van der Waals surface area (Å²) in [4.78, 5) is 15.0. The van der Waals surface area contributed by atoms with Crippen LogP contribution in [0.2, 0.25) is 0 Å². The minimum atomic E-state index is -0.0159. The van der Waals surface area contributed by atoms with E-state index in [0.717, 1.165) is 36.8 Å². The molecule has 1 aliphatic heterocycles. The Labute approximate surface area is 142 Å². The first kappa shape index (κ1) is 16.7. The van der Waals surface area contributed by atoms with E-state index in [9.17, 15) is 4.79 Å². The molecule has 2 fully saturated rings. The quantitative estimate of drug-likeness (QED) is 0.894. The fraction of sp³-hybridized carbons (Fsp3) is 0.875. The van der Waals surface area contributed by atoms with Crippen LogP contribution >= 0.6 is 11.8 Å². The second-order valence-electron chi connectivity index (χ2n) is 6.75. The molecule has 1 aliphatic carbocycles. The molecule has 7 heteroatoms. The van der Waals surface area contributed by atoms with Crippen molar-refractivity contribution in [2.24, 2.45) is 11.8 Å². The summed E-state index contributed by atoms with van der Waals surface area (Å²) in [6.45, 7) is 3.06. The van der Waals surface area contributed by atoms with Gasteiger partial charge in [0, 0.05) is 24.0 Å². The van der Waals surface area contributed by atoms with Crippen molar-refractivity contribution in [1.82, 2.24) is 25.5 Å². The monoisotopic (exact) mass is 337 g/mol. The van der Waals surface area contributed by atoms with E-state index >= 15 is 0 Å². The molecule has 1 saturated carbocycles. The number of tetrazole rings is 1. The minimum Gasteiger partial charge on any atom is -0.330 e. The zero-order valence-electron chi connectivity index (χ0n) is 13.9. The maximum atomic E-state index is 13.0. The average Bonchev–Trinajstić information content (AvgIpc) is 3.14. The smallest absolute Gasteiger partial charge is 0.226 e. The highest BCUT2D eigenvalue weighted by molar-refractivity contribution is 7.99. The van der Waals surface area contributed by atoms with Gasteiger partial charge in [0.25, 0.3) is 0 Å². The van der Waals surface area contributed by atoms with Crippen molar-refractivity contribution >= 4 is 17.7 Å². The molecular weight excluding hydrogens is 310 g/mol. The molecule has 1 amide bonds. The van der Waals surface area contributed by atoms with E-state index in [1.165, 1.54) is 32.1 Å². The van der Waals surface area contributed by atoms with Crippen molar-refractivity contribution in [2.75, 3.05) is 18.1 Å². The minimum absolute atomic E-state index is 0.0159. The largest absolute Gasteiger partial charge is 0.330 e. The zero-order chi connectivity index (χ0) is 16.1. The Hall–Kier alpha value is -1.11. The Kier molecular flexibility index (Phi) is 5.91. The number of nitrogens with zero attached hydrogens (tertiary/aromatic N) is 4. The van der Waals surface area contributed by atoms with Crippen molar-refractivity contribution in [1.29, 1.82) is 0 Å². The second kappa shape index (κ2) is 8.13. The maximum Gasteiger partial charge on any atom is 0.226 e. The fourth-order valence-electron chi connectivity index (χ4n) is 3.82. The number of unbranched alkanes of at least 4 members (excludes halogenated alkanes) is 1. The van der Waals surface area contributed by atoms with Crippen LogP contribution in [0, 0.1) is 11.8 Å². The van der Waals surface area contributed by atoms with Gasteiger partial charge in [-0.1, -0.05) is 31.4 Å². The Morgan fingerprint density at radius 2 is 2.17 bits per heavy atom. The molecule has 0 bridgehead atoms. The van der Waals surface area contributed by atoms with Crippen LogP contribution in [-0.4, -0.2) is 49.5 Å². The first-order valence-corrected chi connectivity index (χ1v) is 10.1. The van der Waals surface area contributed by atoms with Gasteiger partial charge in [0.05, 0.1) is 0 Å². The molecule has 1 atom stereocenters. The molecule has 1 N–H and O–H groups in total. The summed E-state index contributed by atoms with van der Waals surface area (Å²) in [5.41, 5.74) is 0. The Morgan fingerprint density at radius 1 is 1.35 bits per heavy atom. The number of H-pyrrole nitrogens is 1. The van der Waals surface area contributed by atoms with Crippen LogP contribution in [0.1, 0.15) is 63.7 Å². The summed E-state index contributed by atoms with van der Waals surface area (Å²) in [5.74, 6) is 3.88. The molecule has 1 unspecified atom stereocenters. The summed E-state index contributed by atoms with van der Waals surface area (Å²) in [5, 5.41) is 14.4. The number of carbonyl (C=O) groups is 1. The van der Waals surface area contributed by atoms with E-state index in [0.29, 0.717) is 11.7 Å². The molecule has 23 heavy (non-hydrogen) atoms. The lowest BCUT2D eigenvalue weighted by atomic mass is 9.79. The van der Waals surface area contributed by atoms with Crippen LogP contribution in [0.15, 0.2) is 0 Å². The average molecular weight is 337 g/mol. The number of aromatic nitrogens is 4. The molecule has 128 valence electrons. The van der Waals surface area contributed by atoms with Crippen LogP contribution in [0.5, 0.6) is 0 Å². The third-order valence-electron chi connectivity index (χ3n) is 5.23. The normalized spacial score (nSPS) is 28.7. The van der Waals surface area contributed by atoms with E-state index in [1.807, 2.05) is 16.7 Å². The highest BCUT2D eigenvalue weighted by Gasteiger charge is 2.36. The number of thioether (sulfide) groups is 1. The molecule has 1 aromatic rings. The summed E-state index contributed by atoms with van der Waals surface area (Å²) >= 11 is 1.86. The van der Waals surface area contributed by atoms with E-state index in [1.54, 1.807) is 0 Å². The Morgan fingerprint density at radius 3 is 2.87 bits per heavy atom. The highest BCUT2D eigenvalue weighted by Crippen LogP contribution is 2.35. The van der Waals surface area contributed by atoms with Crippen molar-refractivity contribution in [2.45, 2.75) is 57.9 Å². The number of nitrogens with one attached hydrogen (secondary N) is 1. The third-order valence-corrected chi connectivity index (χ3v) is 6.26. The van der Waals surface area contributed by atoms with E-state index < -0.39 is 0 Å². The highest BCUT2D eigenvalue weighted by atomic mass is 32.2. The van der Waals surface area contributed by atoms with Gasteiger partial charge >= 0.3 is 0 Å². The van der Waals surface area contributed by atoms with Crippen molar-refractivity contribution in [3.05, 3.63) is 5.82 Å². The van der Waals surface area contributed by atoms with Gasteiger partial charge < -0.3 is 4.90 Å². The predicted molar refractivity (Wildman–Crippen MR) is 90.9 cm³/mol. The van der Waals surface area contributed by atoms with Gasteiger partial charge in [-0.05, 0) is 31.6 Å². The number of carbonyl (C=O) groups excluding carboxylic acids is 1. The van der Waals surface area contributed by atoms with E-state index in [2.05, 4.69) is 27.5 Å². The molecule has 6 nitrogen and oxygen atoms in total. The second-order valence-corrected chi connectivity index (χ2v) is 7.90. The Balaban J connectivity index is 1.58. The maximum absolute atomic E-state index is 13.0. The molecule has 0 aromatic carbocycles. The number of hydrogen-bond acceptors (Lipinski definition) is 5. The molecular formula is C16H27N5OS. The lowest BCUT2D eigenvalue weighted by molar-refractivity contribution is -0.139. The number of rotatable bonds is 5. The lowest BCUT2D eigenvalue weighted by Crippen LogP contribution is -2.45. The van der Waals surface area contributed by atoms with Crippen molar-refractivity contribution in [3.63, 3.8) is 0 Å². The number of amides is 1. The summed E-state index contributed by atoms with van der Waals surface area (Å²) in [7, 11) is 0. The molecule has 3 rings (SSSR count). The lowest BCUT2D eigenvalue weighted by Gasteiger charge is -2.37. The molecule has 1 aromatic heterocycles. The van der Waals surface area contributed by atoms with Gasteiger partial charge in [0.1, 0.15) is 6.04 Å². The molecule has 0 spiro atoms. The molecule has 1 saturated heterocycles. The Bertz CT molecular complexity index is 487. The molecule has 2 aliphatic rings.